The molecule has 0 atom stereocenters. The van der Waals surface area contributed by atoms with Gasteiger partial charge in [0.1, 0.15) is 0 Å². The lowest BCUT2D eigenvalue weighted by molar-refractivity contribution is 0.785. The Morgan fingerprint density at radius 1 is 1.17 bits per heavy atom. The molecule has 0 radical (unpaired) electrons. The van der Waals surface area contributed by atoms with Gasteiger partial charge in [-0.1, -0.05) is 12.1 Å². The zero-order valence-electron chi connectivity index (χ0n) is 10.4. The van der Waals surface area contributed by atoms with Gasteiger partial charge in [0, 0.05) is 23.8 Å². The number of anilines is 1. The molecule has 18 heavy (non-hydrogen) atoms. The molecule has 4 heteroatoms. The minimum absolute atomic E-state index is 0.770. The van der Waals surface area contributed by atoms with E-state index in [1.807, 2.05) is 44.4 Å². The van der Waals surface area contributed by atoms with Gasteiger partial charge < -0.3 is 5.73 Å². The van der Waals surface area contributed by atoms with Crippen LogP contribution in [0.4, 0.5) is 5.69 Å². The second-order valence-corrected chi connectivity index (χ2v) is 4.44. The van der Waals surface area contributed by atoms with Gasteiger partial charge in [-0.2, -0.15) is 5.10 Å². The van der Waals surface area contributed by atoms with Crippen LogP contribution < -0.4 is 5.73 Å². The maximum absolute atomic E-state index is 5.72. The molecule has 0 spiro atoms. The van der Waals surface area contributed by atoms with Crippen molar-refractivity contribution in [3.63, 3.8) is 0 Å². The molecule has 3 rings (SSSR count). The van der Waals surface area contributed by atoms with Gasteiger partial charge in [-0.25, -0.2) is 4.98 Å². The molecule has 90 valence electrons. The number of rotatable bonds is 1. The standard InChI is InChI=1S/C14H14N4/c1-9-7-12(10-3-5-11(15)6-4-10)13-8-16-18(2)14(13)17-9/h3-8H,15H2,1-2H3. The molecule has 0 fully saturated rings. The van der Waals surface area contributed by atoms with E-state index in [0.29, 0.717) is 0 Å². The van der Waals surface area contributed by atoms with Gasteiger partial charge in [-0.05, 0) is 36.2 Å². The molecule has 0 aliphatic heterocycles. The lowest BCUT2D eigenvalue weighted by Gasteiger charge is -2.05. The Labute approximate surface area is 105 Å². The largest absolute Gasteiger partial charge is 0.399 e. The highest BCUT2D eigenvalue weighted by Crippen LogP contribution is 2.28. The van der Waals surface area contributed by atoms with E-state index in [9.17, 15) is 0 Å². The molecule has 0 aliphatic carbocycles. The van der Waals surface area contributed by atoms with Crippen molar-refractivity contribution in [1.82, 2.24) is 14.8 Å². The minimum Gasteiger partial charge on any atom is -0.399 e. The quantitative estimate of drug-likeness (QED) is 0.663. The van der Waals surface area contributed by atoms with Crippen molar-refractivity contribution < 1.29 is 0 Å². The van der Waals surface area contributed by atoms with Crippen LogP contribution in [-0.4, -0.2) is 14.8 Å². The molecule has 0 unspecified atom stereocenters. The Morgan fingerprint density at radius 2 is 1.89 bits per heavy atom. The third-order valence-corrected chi connectivity index (χ3v) is 3.05. The van der Waals surface area contributed by atoms with Gasteiger partial charge in [-0.3, -0.25) is 4.68 Å². The summed E-state index contributed by atoms with van der Waals surface area (Å²) in [6.45, 7) is 1.99. The first-order valence-electron chi connectivity index (χ1n) is 5.80. The van der Waals surface area contributed by atoms with Gasteiger partial charge in [-0.15, -0.1) is 0 Å². The molecule has 0 saturated carbocycles. The van der Waals surface area contributed by atoms with E-state index < -0.39 is 0 Å². The van der Waals surface area contributed by atoms with Crippen LogP contribution in [-0.2, 0) is 7.05 Å². The number of hydrogen-bond acceptors (Lipinski definition) is 3. The Hall–Kier alpha value is -2.36. The minimum atomic E-state index is 0.770. The molecular weight excluding hydrogens is 224 g/mol. The van der Waals surface area contributed by atoms with Crippen molar-refractivity contribution in [3.8, 4) is 11.1 Å². The lowest BCUT2D eigenvalue weighted by atomic mass is 10.0. The highest BCUT2D eigenvalue weighted by Gasteiger charge is 2.09. The van der Waals surface area contributed by atoms with Crippen molar-refractivity contribution in [2.75, 3.05) is 5.73 Å². The highest BCUT2D eigenvalue weighted by atomic mass is 15.3. The number of nitrogens with two attached hydrogens (primary N) is 1. The fourth-order valence-electron chi connectivity index (χ4n) is 2.14. The van der Waals surface area contributed by atoms with E-state index in [1.165, 1.54) is 0 Å². The summed E-state index contributed by atoms with van der Waals surface area (Å²) >= 11 is 0. The molecule has 0 aliphatic rings. The molecule has 2 aromatic heterocycles. The van der Waals surface area contributed by atoms with Crippen molar-refractivity contribution in [1.29, 1.82) is 0 Å². The van der Waals surface area contributed by atoms with Gasteiger partial charge in [0.25, 0.3) is 0 Å². The summed E-state index contributed by atoms with van der Waals surface area (Å²) in [5.41, 5.74) is 10.7. The maximum atomic E-state index is 5.72. The third kappa shape index (κ3) is 1.62. The summed E-state index contributed by atoms with van der Waals surface area (Å²) < 4.78 is 1.79. The predicted octanol–water partition coefficient (Wildman–Crippen LogP) is 2.53. The maximum Gasteiger partial charge on any atom is 0.158 e. The molecule has 4 nitrogen and oxygen atoms in total. The van der Waals surface area contributed by atoms with Crippen LogP contribution in [0, 0.1) is 6.92 Å². The van der Waals surface area contributed by atoms with Crippen molar-refractivity contribution >= 4 is 16.7 Å². The zero-order valence-corrected chi connectivity index (χ0v) is 10.4. The molecule has 2 N–H and O–H groups in total. The van der Waals surface area contributed by atoms with Crippen molar-refractivity contribution in [2.24, 2.45) is 7.05 Å². The Kier molecular flexibility index (Phi) is 2.30. The van der Waals surface area contributed by atoms with Crippen molar-refractivity contribution in [3.05, 3.63) is 42.2 Å². The predicted molar refractivity (Wildman–Crippen MR) is 73.1 cm³/mol. The van der Waals surface area contributed by atoms with Crippen LogP contribution in [0.15, 0.2) is 36.5 Å². The van der Waals surface area contributed by atoms with Gasteiger partial charge in [0.2, 0.25) is 0 Å². The number of nitrogen functional groups attached to an aromatic ring is 1. The molecule has 2 heterocycles. The fraction of sp³-hybridized carbons (Fsp3) is 0.143. The van der Waals surface area contributed by atoms with Gasteiger partial charge in [0.15, 0.2) is 5.65 Å². The van der Waals surface area contributed by atoms with E-state index in [1.54, 1.807) is 4.68 Å². The monoisotopic (exact) mass is 238 g/mol. The average Bonchev–Trinajstić information content (AvgIpc) is 2.71. The number of fused-ring (bicyclic) bond motifs is 1. The average molecular weight is 238 g/mol. The first-order chi connectivity index (χ1) is 8.65. The van der Waals surface area contributed by atoms with E-state index in [-0.39, 0.29) is 0 Å². The molecule has 0 bridgehead atoms. The van der Waals surface area contributed by atoms with Crippen LogP contribution in [0.2, 0.25) is 0 Å². The summed E-state index contributed by atoms with van der Waals surface area (Å²) in [5.74, 6) is 0. The van der Waals surface area contributed by atoms with Crippen LogP contribution in [0.3, 0.4) is 0 Å². The summed E-state index contributed by atoms with van der Waals surface area (Å²) in [5, 5.41) is 5.33. The normalized spacial score (nSPS) is 11.0. The molecule has 0 saturated heterocycles. The van der Waals surface area contributed by atoms with E-state index in [4.69, 9.17) is 5.73 Å². The van der Waals surface area contributed by atoms with E-state index in [0.717, 1.165) is 33.5 Å². The number of benzene rings is 1. The first kappa shape index (κ1) is 10.8. The third-order valence-electron chi connectivity index (χ3n) is 3.05. The number of pyridine rings is 1. The zero-order chi connectivity index (χ0) is 12.7. The number of aryl methyl sites for hydroxylation is 2. The van der Waals surface area contributed by atoms with Gasteiger partial charge >= 0.3 is 0 Å². The number of aromatic nitrogens is 3. The SMILES string of the molecule is Cc1cc(-c2ccc(N)cc2)c2cnn(C)c2n1. The van der Waals surface area contributed by atoms with E-state index in [2.05, 4.69) is 16.1 Å². The fourth-order valence-corrected chi connectivity index (χ4v) is 2.14. The van der Waals surface area contributed by atoms with Crippen LogP contribution >= 0.6 is 0 Å². The smallest absolute Gasteiger partial charge is 0.158 e. The summed E-state index contributed by atoms with van der Waals surface area (Å²) in [7, 11) is 1.90. The Bertz CT molecular complexity index is 710. The second-order valence-electron chi connectivity index (χ2n) is 4.44. The number of nitrogens with zero attached hydrogens (tertiary/aromatic N) is 3. The molecule has 0 amide bonds. The molecule has 1 aromatic carbocycles. The molecule has 3 aromatic rings. The second kappa shape index (κ2) is 3.84. The van der Waals surface area contributed by atoms with Gasteiger partial charge in [0.05, 0.1) is 6.20 Å². The Balaban J connectivity index is 2.31. The van der Waals surface area contributed by atoms with E-state index >= 15 is 0 Å². The summed E-state index contributed by atoms with van der Waals surface area (Å²) in [6.07, 6.45) is 1.85. The van der Waals surface area contributed by atoms with Crippen LogP contribution in [0.25, 0.3) is 22.2 Å². The van der Waals surface area contributed by atoms with Crippen LogP contribution in [0.5, 0.6) is 0 Å². The van der Waals surface area contributed by atoms with Crippen LogP contribution in [0.1, 0.15) is 5.69 Å². The Morgan fingerprint density at radius 3 is 2.61 bits per heavy atom. The van der Waals surface area contributed by atoms with Crippen molar-refractivity contribution in [2.45, 2.75) is 6.92 Å². The highest BCUT2D eigenvalue weighted by molar-refractivity contribution is 5.92. The lowest BCUT2D eigenvalue weighted by Crippen LogP contribution is -1.94. The topological polar surface area (TPSA) is 56.7 Å². The molecular formula is C14H14N4. The summed E-state index contributed by atoms with van der Waals surface area (Å²) in [4.78, 5) is 4.51. The number of hydrogen-bond donors (Lipinski definition) is 1. The first-order valence-corrected chi connectivity index (χ1v) is 5.80. The summed E-state index contributed by atoms with van der Waals surface area (Å²) in [6, 6.07) is 9.95.